The number of ether oxygens (including phenoxy) is 1. The van der Waals surface area contributed by atoms with Crippen LogP contribution in [0.15, 0.2) is 17.5 Å². The molecule has 1 rings (SSSR count). The molecular formula is C12H19NO2S. The summed E-state index contributed by atoms with van der Waals surface area (Å²) in [5.41, 5.74) is 0. The summed E-state index contributed by atoms with van der Waals surface area (Å²) in [6.07, 6.45) is 1.62. The highest BCUT2D eigenvalue weighted by atomic mass is 32.1. The summed E-state index contributed by atoms with van der Waals surface area (Å²) in [6, 6.07) is 4.19. The van der Waals surface area contributed by atoms with Gasteiger partial charge in [-0.2, -0.15) is 0 Å². The van der Waals surface area contributed by atoms with Gasteiger partial charge in [-0.25, -0.2) is 0 Å². The van der Waals surface area contributed by atoms with Crippen molar-refractivity contribution in [3.05, 3.63) is 22.4 Å². The van der Waals surface area contributed by atoms with Crippen molar-refractivity contribution in [2.24, 2.45) is 0 Å². The first-order chi connectivity index (χ1) is 7.69. The van der Waals surface area contributed by atoms with Crippen LogP contribution < -0.4 is 5.32 Å². The Morgan fingerprint density at radius 2 is 2.38 bits per heavy atom. The Labute approximate surface area is 101 Å². The average Bonchev–Trinajstić information content (AvgIpc) is 2.80. The first-order valence-electron chi connectivity index (χ1n) is 5.55. The molecule has 0 aliphatic rings. The van der Waals surface area contributed by atoms with Crippen molar-refractivity contribution in [2.75, 3.05) is 7.11 Å². The largest absolute Gasteiger partial charge is 0.372 e. The molecule has 16 heavy (non-hydrogen) atoms. The molecule has 0 aliphatic carbocycles. The van der Waals surface area contributed by atoms with Crippen LogP contribution in [0.1, 0.15) is 37.6 Å². The summed E-state index contributed by atoms with van der Waals surface area (Å²) in [6.45, 7) is 3.87. The smallest absolute Gasteiger partial charge is 0.249 e. The van der Waals surface area contributed by atoms with Crippen LogP contribution in [0, 0.1) is 0 Å². The van der Waals surface area contributed by atoms with Crippen molar-refractivity contribution >= 4 is 17.2 Å². The van der Waals surface area contributed by atoms with E-state index in [-0.39, 0.29) is 18.1 Å². The molecule has 1 amide bonds. The normalized spacial score (nSPS) is 14.4. The number of methoxy groups -OCH3 is 1. The summed E-state index contributed by atoms with van der Waals surface area (Å²) >= 11 is 1.68. The van der Waals surface area contributed by atoms with E-state index in [2.05, 4.69) is 18.3 Å². The minimum atomic E-state index is -0.390. The lowest BCUT2D eigenvalue weighted by Gasteiger charge is -2.19. The zero-order chi connectivity index (χ0) is 12.0. The molecule has 2 atom stereocenters. The van der Waals surface area contributed by atoms with Gasteiger partial charge in [0.15, 0.2) is 0 Å². The van der Waals surface area contributed by atoms with Gasteiger partial charge >= 0.3 is 0 Å². The predicted octanol–water partition coefficient (Wildman–Crippen LogP) is 2.74. The highest BCUT2D eigenvalue weighted by molar-refractivity contribution is 7.10. The van der Waals surface area contributed by atoms with Crippen LogP contribution in [0.2, 0.25) is 0 Å². The van der Waals surface area contributed by atoms with E-state index in [1.54, 1.807) is 25.4 Å². The van der Waals surface area contributed by atoms with E-state index in [1.807, 2.05) is 11.4 Å². The van der Waals surface area contributed by atoms with Crippen LogP contribution in [0.3, 0.4) is 0 Å². The third kappa shape index (κ3) is 3.61. The monoisotopic (exact) mass is 241 g/mol. The summed E-state index contributed by atoms with van der Waals surface area (Å²) < 4.78 is 5.00. The van der Waals surface area contributed by atoms with Crippen molar-refractivity contribution in [1.82, 2.24) is 5.32 Å². The molecular weight excluding hydrogens is 222 g/mol. The fourth-order valence-corrected chi connectivity index (χ4v) is 2.27. The summed E-state index contributed by atoms with van der Waals surface area (Å²) in [7, 11) is 1.55. The molecule has 1 heterocycles. The van der Waals surface area contributed by atoms with Crippen LogP contribution in [-0.4, -0.2) is 19.1 Å². The van der Waals surface area contributed by atoms with E-state index in [1.165, 1.54) is 4.88 Å². The van der Waals surface area contributed by atoms with Gasteiger partial charge in [0.05, 0.1) is 6.04 Å². The summed E-state index contributed by atoms with van der Waals surface area (Å²) in [5.74, 6) is -0.0469. The number of nitrogens with one attached hydrogen (secondary N) is 1. The lowest BCUT2D eigenvalue weighted by molar-refractivity contribution is -0.130. The summed E-state index contributed by atoms with van der Waals surface area (Å²) in [5, 5.41) is 5.05. The molecule has 1 N–H and O–H groups in total. The van der Waals surface area contributed by atoms with Gasteiger partial charge in [-0.3, -0.25) is 4.79 Å². The molecule has 1 aromatic heterocycles. The van der Waals surface area contributed by atoms with E-state index in [9.17, 15) is 4.79 Å². The second-order valence-corrected chi connectivity index (χ2v) is 4.72. The van der Waals surface area contributed by atoms with Crippen molar-refractivity contribution in [1.29, 1.82) is 0 Å². The molecule has 0 bridgehead atoms. The fraction of sp³-hybridized carbons (Fsp3) is 0.583. The molecule has 0 radical (unpaired) electrons. The van der Waals surface area contributed by atoms with Gasteiger partial charge in [-0.15, -0.1) is 11.3 Å². The molecule has 2 unspecified atom stereocenters. The van der Waals surface area contributed by atoms with E-state index in [4.69, 9.17) is 4.74 Å². The molecule has 1 aromatic rings. The van der Waals surface area contributed by atoms with Crippen molar-refractivity contribution < 1.29 is 9.53 Å². The van der Waals surface area contributed by atoms with E-state index < -0.39 is 0 Å². The van der Waals surface area contributed by atoms with E-state index in [0.29, 0.717) is 0 Å². The fourth-order valence-electron chi connectivity index (χ4n) is 1.46. The minimum absolute atomic E-state index is 0.0469. The first kappa shape index (κ1) is 13.2. The Bertz CT molecular complexity index is 311. The highest BCUT2D eigenvalue weighted by Crippen LogP contribution is 2.23. The zero-order valence-corrected chi connectivity index (χ0v) is 10.8. The Hall–Kier alpha value is -0.870. The number of carbonyl (C=O) groups is 1. The Morgan fingerprint density at radius 1 is 1.62 bits per heavy atom. The van der Waals surface area contributed by atoms with Crippen molar-refractivity contribution in [3.63, 3.8) is 0 Å². The lowest BCUT2D eigenvalue weighted by atomic mass is 10.1. The summed E-state index contributed by atoms with van der Waals surface area (Å²) in [4.78, 5) is 12.9. The molecule has 0 fully saturated rings. The maximum absolute atomic E-state index is 11.7. The number of amides is 1. The van der Waals surface area contributed by atoms with Crippen molar-refractivity contribution in [2.45, 2.75) is 38.8 Å². The molecule has 4 heteroatoms. The van der Waals surface area contributed by atoms with E-state index in [0.717, 1.165) is 12.8 Å². The van der Waals surface area contributed by atoms with Crippen LogP contribution in [-0.2, 0) is 9.53 Å². The third-order valence-corrected chi connectivity index (χ3v) is 3.49. The number of thiophene rings is 1. The zero-order valence-electron chi connectivity index (χ0n) is 10.0. The molecule has 0 saturated heterocycles. The number of rotatable bonds is 6. The average molecular weight is 241 g/mol. The molecule has 0 spiro atoms. The van der Waals surface area contributed by atoms with Gasteiger partial charge < -0.3 is 10.1 Å². The molecule has 3 nitrogen and oxygen atoms in total. The molecule has 90 valence electrons. The van der Waals surface area contributed by atoms with Gasteiger partial charge in [-0.1, -0.05) is 19.4 Å². The van der Waals surface area contributed by atoms with Gasteiger partial charge in [-0.05, 0) is 24.8 Å². The maximum Gasteiger partial charge on any atom is 0.249 e. The highest BCUT2D eigenvalue weighted by Gasteiger charge is 2.18. The first-order valence-corrected chi connectivity index (χ1v) is 6.43. The van der Waals surface area contributed by atoms with Gasteiger partial charge in [0.1, 0.15) is 6.10 Å². The van der Waals surface area contributed by atoms with Gasteiger partial charge in [0.2, 0.25) is 5.91 Å². The van der Waals surface area contributed by atoms with Crippen LogP contribution >= 0.6 is 11.3 Å². The Morgan fingerprint density at radius 3 is 2.88 bits per heavy atom. The topological polar surface area (TPSA) is 38.3 Å². The van der Waals surface area contributed by atoms with E-state index >= 15 is 0 Å². The van der Waals surface area contributed by atoms with Crippen LogP contribution in [0.25, 0.3) is 0 Å². The van der Waals surface area contributed by atoms with Crippen LogP contribution in [0.4, 0.5) is 0 Å². The maximum atomic E-state index is 11.7. The second-order valence-electron chi connectivity index (χ2n) is 3.74. The van der Waals surface area contributed by atoms with Crippen molar-refractivity contribution in [3.8, 4) is 0 Å². The quantitative estimate of drug-likeness (QED) is 0.831. The number of hydrogen-bond acceptors (Lipinski definition) is 3. The number of hydrogen-bond donors (Lipinski definition) is 1. The predicted molar refractivity (Wildman–Crippen MR) is 66.6 cm³/mol. The lowest BCUT2D eigenvalue weighted by Crippen LogP contribution is -2.36. The molecule has 0 aromatic carbocycles. The third-order valence-electron chi connectivity index (χ3n) is 2.50. The number of carbonyl (C=O) groups excluding carboxylic acids is 1. The second kappa shape index (κ2) is 6.66. The van der Waals surface area contributed by atoms with Gasteiger partial charge in [0.25, 0.3) is 0 Å². The Kier molecular flexibility index (Phi) is 5.49. The molecule has 0 aliphatic heterocycles. The standard InChI is InChI=1S/C12H19NO2S/c1-4-6-10(11-7-5-8-16-11)13-12(14)9(2)15-3/h5,7-10H,4,6H2,1-3H3,(H,13,14). The SMILES string of the molecule is CCCC(NC(=O)C(C)OC)c1cccs1. The van der Waals surface area contributed by atoms with Crippen LogP contribution in [0.5, 0.6) is 0 Å². The van der Waals surface area contributed by atoms with Gasteiger partial charge in [0, 0.05) is 12.0 Å². The molecule has 0 saturated carbocycles. The Balaban J connectivity index is 2.62. The minimum Gasteiger partial charge on any atom is -0.372 e.